The number of aliphatic hydroxyl groups excluding tert-OH is 1. The molecule has 146 valence electrons. The second kappa shape index (κ2) is 10.1. The minimum atomic E-state index is -0.567. The Balaban J connectivity index is 1.65. The first-order valence-electron chi connectivity index (χ1n) is 9.14. The predicted molar refractivity (Wildman–Crippen MR) is 112 cm³/mol. The van der Waals surface area contributed by atoms with Crippen LogP contribution in [0.5, 0.6) is 11.5 Å². The van der Waals surface area contributed by atoms with E-state index in [0.717, 1.165) is 16.7 Å². The number of halogens is 1. The molecule has 3 rings (SSSR count). The first-order chi connectivity index (χ1) is 13.7. The van der Waals surface area contributed by atoms with Crippen LogP contribution in [0.25, 0.3) is 0 Å². The van der Waals surface area contributed by atoms with Gasteiger partial charge in [-0.3, -0.25) is 0 Å². The van der Waals surface area contributed by atoms with E-state index < -0.39 is 6.10 Å². The highest BCUT2D eigenvalue weighted by Crippen LogP contribution is 2.32. The molecule has 4 nitrogen and oxygen atoms in total. The van der Waals surface area contributed by atoms with E-state index in [4.69, 9.17) is 21.1 Å². The fourth-order valence-corrected chi connectivity index (χ4v) is 3.16. The van der Waals surface area contributed by atoms with Crippen molar-refractivity contribution >= 4 is 11.6 Å². The monoisotopic (exact) mass is 397 g/mol. The molecule has 0 saturated heterocycles. The Labute approximate surface area is 170 Å². The number of para-hydroxylation sites is 1. The molecule has 0 aliphatic rings. The molecule has 0 spiro atoms. The van der Waals surface area contributed by atoms with Gasteiger partial charge in [0, 0.05) is 23.7 Å². The Morgan fingerprint density at radius 3 is 2.54 bits per heavy atom. The molecule has 0 heterocycles. The van der Waals surface area contributed by atoms with Crippen LogP contribution in [0.15, 0.2) is 72.8 Å². The lowest BCUT2D eigenvalue weighted by molar-refractivity contribution is 0.174. The van der Waals surface area contributed by atoms with E-state index in [9.17, 15) is 5.11 Å². The van der Waals surface area contributed by atoms with Crippen LogP contribution in [-0.2, 0) is 13.2 Å². The molecule has 3 aromatic rings. The van der Waals surface area contributed by atoms with Gasteiger partial charge in [-0.1, -0.05) is 66.2 Å². The molecule has 3 aromatic carbocycles. The molecule has 0 amide bonds. The molecule has 0 aliphatic carbocycles. The zero-order chi connectivity index (χ0) is 19.8. The Hall–Kier alpha value is -2.53. The van der Waals surface area contributed by atoms with Crippen molar-refractivity contribution < 1.29 is 14.6 Å². The fraction of sp³-hybridized carbons (Fsp3) is 0.217. The fourth-order valence-electron chi connectivity index (χ4n) is 2.94. The molecule has 1 atom stereocenters. The molecule has 2 N–H and O–H groups in total. The molecule has 0 radical (unpaired) electrons. The molecule has 5 heteroatoms. The summed E-state index contributed by atoms with van der Waals surface area (Å²) in [4.78, 5) is 0. The number of ether oxygens (including phenoxy) is 2. The molecule has 0 aliphatic heterocycles. The summed E-state index contributed by atoms with van der Waals surface area (Å²) in [6, 6.07) is 23.0. The van der Waals surface area contributed by atoms with Gasteiger partial charge in [0.2, 0.25) is 0 Å². The smallest absolute Gasteiger partial charge is 0.166 e. The van der Waals surface area contributed by atoms with Gasteiger partial charge in [0.25, 0.3) is 0 Å². The van der Waals surface area contributed by atoms with Gasteiger partial charge in [0.05, 0.1) is 13.2 Å². The van der Waals surface area contributed by atoms with Gasteiger partial charge in [-0.2, -0.15) is 0 Å². The van der Waals surface area contributed by atoms with Crippen molar-refractivity contribution in [3.05, 3.63) is 94.5 Å². The van der Waals surface area contributed by atoms with Crippen LogP contribution in [0.3, 0.4) is 0 Å². The van der Waals surface area contributed by atoms with Gasteiger partial charge in [-0.15, -0.1) is 0 Å². The Morgan fingerprint density at radius 2 is 1.79 bits per heavy atom. The van der Waals surface area contributed by atoms with Gasteiger partial charge in [-0.05, 0) is 29.3 Å². The van der Waals surface area contributed by atoms with Crippen molar-refractivity contribution in [2.45, 2.75) is 19.3 Å². The van der Waals surface area contributed by atoms with Crippen LogP contribution in [-0.4, -0.2) is 18.8 Å². The van der Waals surface area contributed by atoms with Crippen molar-refractivity contribution in [2.75, 3.05) is 13.7 Å². The maximum atomic E-state index is 10.3. The standard InChI is InChI=1S/C23H24ClNO3/c1-27-22-12-6-10-19(14-25-15-21(26)18-8-3-2-4-9-18)23(22)28-16-17-7-5-11-20(24)13-17/h2-13,21,25-26H,14-16H2,1H3/t21-/m1/s1. The van der Waals surface area contributed by atoms with E-state index in [-0.39, 0.29) is 0 Å². The van der Waals surface area contributed by atoms with Crippen LogP contribution in [0.1, 0.15) is 22.8 Å². The van der Waals surface area contributed by atoms with E-state index in [1.165, 1.54) is 0 Å². The Kier molecular flexibility index (Phi) is 7.31. The summed E-state index contributed by atoms with van der Waals surface area (Å²) in [5, 5.41) is 14.3. The van der Waals surface area contributed by atoms with Crippen molar-refractivity contribution in [3.8, 4) is 11.5 Å². The summed E-state index contributed by atoms with van der Waals surface area (Å²) in [7, 11) is 1.62. The van der Waals surface area contributed by atoms with Crippen molar-refractivity contribution in [1.82, 2.24) is 5.32 Å². The lowest BCUT2D eigenvalue weighted by Gasteiger charge is -2.17. The van der Waals surface area contributed by atoms with Gasteiger partial charge in [-0.25, -0.2) is 0 Å². The predicted octanol–water partition coefficient (Wildman–Crippen LogP) is 4.75. The minimum Gasteiger partial charge on any atom is -0.493 e. The number of hydrogen-bond donors (Lipinski definition) is 2. The van der Waals surface area contributed by atoms with Gasteiger partial charge >= 0.3 is 0 Å². The van der Waals surface area contributed by atoms with Gasteiger partial charge < -0.3 is 19.9 Å². The number of aliphatic hydroxyl groups is 1. The molecule has 0 saturated carbocycles. The van der Waals surface area contributed by atoms with Crippen LogP contribution in [0.4, 0.5) is 0 Å². The lowest BCUT2D eigenvalue weighted by Crippen LogP contribution is -2.21. The Bertz CT molecular complexity index is 886. The van der Waals surface area contributed by atoms with Gasteiger partial charge in [0.1, 0.15) is 6.61 Å². The molecule has 0 unspecified atom stereocenters. The third kappa shape index (κ3) is 5.49. The molecular formula is C23H24ClNO3. The topological polar surface area (TPSA) is 50.7 Å². The number of methoxy groups -OCH3 is 1. The molecule has 28 heavy (non-hydrogen) atoms. The Morgan fingerprint density at radius 1 is 1.00 bits per heavy atom. The number of rotatable bonds is 9. The normalized spacial score (nSPS) is 11.8. The molecular weight excluding hydrogens is 374 g/mol. The average Bonchev–Trinajstić information content (AvgIpc) is 2.73. The summed E-state index contributed by atoms with van der Waals surface area (Å²) in [6.07, 6.45) is -0.567. The number of nitrogens with one attached hydrogen (secondary N) is 1. The van der Waals surface area contributed by atoms with Crippen LogP contribution in [0.2, 0.25) is 5.02 Å². The van der Waals surface area contributed by atoms with Crippen LogP contribution < -0.4 is 14.8 Å². The van der Waals surface area contributed by atoms with Crippen LogP contribution >= 0.6 is 11.6 Å². The maximum Gasteiger partial charge on any atom is 0.166 e. The third-order valence-corrected chi connectivity index (χ3v) is 4.63. The molecule has 0 aromatic heterocycles. The van der Waals surface area contributed by atoms with Crippen molar-refractivity contribution in [1.29, 1.82) is 0 Å². The zero-order valence-electron chi connectivity index (χ0n) is 15.8. The molecule has 0 fully saturated rings. The maximum absolute atomic E-state index is 10.3. The summed E-state index contributed by atoms with van der Waals surface area (Å²) in [5.74, 6) is 1.36. The summed E-state index contributed by atoms with van der Waals surface area (Å²) >= 11 is 6.05. The second-order valence-electron chi connectivity index (χ2n) is 6.42. The van der Waals surface area contributed by atoms with Crippen LogP contribution in [0, 0.1) is 0 Å². The lowest BCUT2D eigenvalue weighted by atomic mass is 10.1. The highest BCUT2D eigenvalue weighted by Gasteiger charge is 2.12. The largest absolute Gasteiger partial charge is 0.493 e. The number of hydrogen-bond acceptors (Lipinski definition) is 4. The quantitative estimate of drug-likeness (QED) is 0.547. The summed E-state index contributed by atoms with van der Waals surface area (Å²) in [5.41, 5.74) is 2.83. The zero-order valence-corrected chi connectivity index (χ0v) is 16.5. The molecule has 0 bridgehead atoms. The van der Waals surface area contributed by atoms with E-state index in [1.54, 1.807) is 7.11 Å². The van der Waals surface area contributed by atoms with Crippen molar-refractivity contribution in [3.63, 3.8) is 0 Å². The van der Waals surface area contributed by atoms with E-state index in [1.807, 2.05) is 72.8 Å². The van der Waals surface area contributed by atoms with Gasteiger partial charge in [0.15, 0.2) is 11.5 Å². The minimum absolute atomic E-state index is 0.389. The summed E-state index contributed by atoms with van der Waals surface area (Å²) in [6.45, 7) is 1.38. The van der Waals surface area contributed by atoms with E-state index in [2.05, 4.69) is 5.32 Å². The highest BCUT2D eigenvalue weighted by molar-refractivity contribution is 6.30. The average molecular weight is 398 g/mol. The first-order valence-corrected chi connectivity index (χ1v) is 9.52. The highest BCUT2D eigenvalue weighted by atomic mass is 35.5. The van der Waals surface area contributed by atoms with E-state index in [0.29, 0.717) is 36.2 Å². The first kappa shape index (κ1) is 20.2. The SMILES string of the molecule is COc1cccc(CNC[C@@H](O)c2ccccc2)c1OCc1cccc(Cl)c1. The third-order valence-electron chi connectivity index (χ3n) is 4.39. The number of benzene rings is 3. The van der Waals surface area contributed by atoms with E-state index >= 15 is 0 Å². The van der Waals surface area contributed by atoms with Crippen molar-refractivity contribution in [2.24, 2.45) is 0 Å². The second-order valence-corrected chi connectivity index (χ2v) is 6.86. The summed E-state index contributed by atoms with van der Waals surface area (Å²) < 4.78 is 11.5.